The van der Waals surface area contributed by atoms with Crippen LogP contribution >= 0.6 is 0 Å². The van der Waals surface area contributed by atoms with Crippen molar-refractivity contribution in [2.45, 2.75) is 38.7 Å². The Morgan fingerprint density at radius 1 is 1.14 bits per heavy atom. The van der Waals surface area contributed by atoms with Crippen LogP contribution in [0.2, 0.25) is 0 Å². The minimum atomic E-state index is -1.57. The Morgan fingerprint density at radius 3 is 2.17 bits per heavy atom. The van der Waals surface area contributed by atoms with E-state index in [1.54, 1.807) is 26.0 Å². The quantitative estimate of drug-likeness (QED) is 0.423. The SMILES string of the molecule is CCOC(=O)[C@@H]1/C(=N/O)C[C@](C)(O)[C@@H](C(=O)OCC)[C@H]1c1ccc(N(C)C)cc1. The summed E-state index contributed by atoms with van der Waals surface area (Å²) >= 11 is 0. The van der Waals surface area contributed by atoms with Crippen molar-refractivity contribution in [3.63, 3.8) is 0 Å². The summed E-state index contributed by atoms with van der Waals surface area (Å²) in [4.78, 5) is 27.6. The van der Waals surface area contributed by atoms with Crippen molar-refractivity contribution in [2.24, 2.45) is 17.0 Å². The molecule has 0 aliphatic heterocycles. The zero-order chi connectivity index (χ0) is 21.8. The molecule has 0 heterocycles. The van der Waals surface area contributed by atoms with E-state index in [2.05, 4.69) is 5.16 Å². The average molecular weight is 406 g/mol. The van der Waals surface area contributed by atoms with Gasteiger partial charge in [0, 0.05) is 32.1 Å². The Hall–Kier alpha value is -2.61. The fourth-order valence-corrected chi connectivity index (χ4v) is 4.00. The van der Waals surface area contributed by atoms with Gasteiger partial charge in [0.2, 0.25) is 0 Å². The van der Waals surface area contributed by atoms with Crippen molar-refractivity contribution < 1.29 is 29.4 Å². The van der Waals surface area contributed by atoms with Crippen LogP contribution in [0, 0.1) is 11.8 Å². The van der Waals surface area contributed by atoms with Crippen molar-refractivity contribution in [2.75, 3.05) is 32.2 Å². The monoisotopic (exact) mass is 406 g/mol. The van der Waals surface area contributed by atoms with E-state index in [1.807, 2.05) is 31.1 Å². The maximum absolute atomic E-state index is 12.8. The summed E-state index contributed by atoms with van der Waals surface area (Å²) in [6.07, 6.45) is -0.150. The predicted octanol–water partition coefficient (Wildman–Crippen LogP) is 2.18. The molecule has 1 aromatic rings. The number of esters is 2. The molecule has 1 aliphatic carbocycles. The van der Waals surface area contributed by atoms with Gasteiger partial charge in [0.25, 0.3) is 0 Å². The zero-order valence-electron chi connectivity index (χ0n) is 17.6. The Bertz CT molecular complexity index is 757. The van der Waals surface area contributed by atoms with Crippen molar-refractivity contribution in [1.82, 2.24) is 0 Å². The number of hydrogen-bond donors (Lipinski definition) is 2. The number of rotatable bonds is 6. The first-order chi connectivity index (χ1) is 13.7. The summed E-state index contributed by atoms with van der Waals surface area (Å²) in [5, 5.41) is 23.9. The molecule has 160 valence electrons. The molecule has 0 spiro atoms. The van der Waals surface area contributed by atoms with E-state index in [0.29, 0.717) is 5.56 Å². The van der Waals surface area contributed by atoms with Crippen LogP contribution in [0.5, 0.6) is 0 Å². The number of carbonyl (C=O) groups excluding carboxylic acids is 2. The van der Waals surface area contributed by atoms with E-state index < -0.39 is 35.3 Å². The normalized spacial score (nSPS) is 28.1. The highest BCUT2D eigenvalue weighted by Crippen LogP contribution is 2.47. The van der Waals surface area contributed by atoms with E-state index in [0.717, 1.165) is 5.69 Å². The molecule has 2 N–H and O–H groups in total. The lowest BCUT2D eigenvalue weighted by Crippen LogP contribution is -2.55. The molecule has 0 saturated heterocycles. The van der Waals surface area contributed by atoms with Gasteiger partial charge in [-0.3, -0.25) is 9.59 Å². The number of aliphatic hydroxyl groups is 1. The van der Waals surface area contributed by atoms with Crippen LogP contribution in [0.15, 0.2) is 29.4 Å². The largest absolute Gasteiger partial charge is 0.466 e. The van der Waals surface area contributed by atoms with Crippen LogP contribution in [0.1, 0.15) is 38.7 Å². The van der Waals surface area contributed by atoms with Crippen molar-refractivity contribution in [3.8, 4) is 0 Å². The maximum atomic E-state index is 12.8. The molecule has 1 fully saturated rings. The molecule has 0 bridgehead atoms. The zero-order valence-corrected chi connectivity index (χ0v) is 17.6. The molecule has 1 aromatic carbocycles. The van der Waals surface area contributed by atoms with Crippen molar-refractivity contribution in [3.05, 3.63) is 29.8 Å². The summed E-state index contributed by atoms with van der Waals surface area (Å²) in [5.41, 5.74) is 0.0954. The van der Waals surface area contributed by atoms with Gasteiger partial charge in [-0.2, -0.15) is 0 Å². The second kappa shape index (κ2) is 9.26. The van der Waals surface area contributed by atoms with Gasteiger partial charge < -0.3 is 24.7 Å². The van der Waals surface area contributed by atoms with Crippen molar-refractivity contribution in [1.29, 1.82) is 0 Å². The fourth-order valence-electron chi connectivity index (χ4n) is 4.00. The first kappa shape index (κ1) is 22.7. The van der Waals surface area contributed by atoms with Crippen LogP contribution in [-0.2, 0) is 19.1 Å². The Labute approximate surface area is 171 Å². The highest BCUT2D eigenvalue weighted by atomic mass is 16.5. The molecule has 8 heteroatoms. The molecule has 0 unspecified atom stereocenters. The Morgan fingerprint density at radius 2 is 1.69 bits per heavy atom. The summed E-state index contributed by atoms with van der Waals surface area (Å²) in [5.74, 6) is -4.07. The van der Waals surface area contributed by atoms with Gasteiger partial charge in [-0.15, -0.1) is 0 Å². The lowest BCUT2D eigenvalue weighted by molar-refractivity contribution is -0.163. The molecule has 0 aromatic heterocycles. The third kappa shape index (κ3) is 4.70. The van der Waals surface area contributed by atoms with E-state index in [4.69, 9.17) is 9.47 Å². The molecule has 0 radical (unpaired) electrons. The van der Waals surface area contributed by atoms with Gasteiger partial charge in [0.1, 0.15) is 5.92 Å². The molecule has 1 aliphatic rings. The van der Waals surface area contributed by atoms with Gasteiger partial charge in [-0.05, 0) is 38.5 Å². The van der Waals surface area contributed by atoms with Crippen LogP contribution in [0.3, 0.4) is 0 Å². The summed E-state index contributed by atoms with van der Waals surface area (Å²) < 4.78 is 10.4. The summed E-state index contributed by atoms with van der Waals surface area (Å²) in [6, 6.07) is 7.32. The lowest BCUT2D eigenvalue weighted by Gasteiger charge is -2.44. The van der Waals surface area contributed by atoms with Crippen molar-refractivity contribution >= 4 is 23.3 Å². The molecule has 8 nitrogen and oxygen atoms in total. The third-order valence-electron chi connectivity index (χ3n) is 5.29. The van der Waals surface area contributed by atoms with E-state index in [1.165, 1.54) is 6.92 Å². The second-order valence-electron chi connectivity index (χ2n) is 7.60. The molecular formula is C21H30N2O6. The topological polar surface area (TPSA) is 109 Å². The molecule has 1 saturated carbocycles. The van der Waals surface area contributed by atoms with Crippen LogP contribution in [0.4, 0.5) is 5.69 Å². The highest BCUT2D eigenvalue weighted by Gasteiger charge is 2.56. The van der Waals surface area contributed by atoms with E-state index >= 15 is 0 Å². The number of nitrogens with zero attached hydrogens (tertiary/aromatic N) is 2. The third-order valence-corrected chi connectivity index (χ3v) is 5.29. The van der Waals surface area contributed by atoms with Crippen LogP contribution in [-0.4, -0.2) is 60.9 Å². The number of carbonyl (C=O) groups is 2. The predicted molar refractivity (Wildman–Crippen MR) is 108 cm³/mol. The first-order valence-electron chi connectivity index (χ1n) is 9.71. The van der Waals surface area contributed by atoms with Gasteiger partial charge >= 0.3 is 11.9 Å². The Kier molecular flexibility index (Phi) is 7.24. The van der Waals surface area contributed by atoms with Crippen LogP contribution in [0.25, 0.3) is 0 Å². The minimum absolute atomic E-state index is 0.0793. The minimum Gasteiger partial charge on any atom is -0.466 e. The molecule has 0 amide bonds. The smallest absolute Gasteiger partial charge is 0.315 e. The number of hydrogen-bond acceptors (Lipinski definition) is 8. The van der Waals surface area contributed by atoms with Gasteiger partial charge in [0.15, 0.2) is 0 Å². The fraction of sp³-hybridized carbons (Fsp3) is 0.571. The average Bonchev–Trinajstić information content (AvgIpc) is 2.66. The molecular weight excluding hydrogens is 376 g/mol. The van der Waals surface area contributed by atoms with E-state index in [-0.39, 0.29) is 25.3 Å². The number of ether oxygens (including phenoxy) is 2. The highest BCUT2D eigenvalue weighted by molar-refractivity contribution is 6.05. The standard InChI is InChI=1S/C21H30N2O6/c1-6-28-19(24)17-15(22-27)12-21(3,26)18(20(25)29-7-2)16(17)13-8-10-14(11-9-13)23(4)5/h8-11,16-18,26-27H,6-7,12H2,1-5H3/b22-15+/t16-,17+,18+,21-/m0/s1. The summed E-state index contributed by atoms with van der Waals surface area (Å²) in [7, 11) is 3.81. The molecule has 4 atom stereocenters. The van der Waals surface area contributed by atoms with Gasteiger partial charge in [-0.1, -0.05) is 17.3 Å². The van der Waals surface area contributed by atoms with Gasteiger partial charge in [0.05, 0.1) is 30.4 Å². The van der Waals surface area contributed by atoms with Gasteiger partial charge in [-0.25, -0.2) is 0 Å². The first-order valence-corrected chi connectivity index (χ1v) is 9.71. The van der Waals surface area contributed by atoms with Crippen LogP contribution < -0.4 is 4.90 Å². The summed E-state index contributed by atoms with van der Waals surface area (Å²) in [6.45, 7) is 5.13. The number of anilines is 1. The lowest BCUT2D eigenvalue weighted by atomic mass is 9.61. The molecule has 2 rings (SSSR count). The van der Waals surface area contributed by atoms with E-state index in [9.17, 15) is 19.9 Å². The second-order valence-corrected chi connectivity index (χ2v) is 7.60. The Balaban J connectivity index is 2.65. The number of oxime groups is 1. The molecule has 29 heavy (non-hydrogen) atoms. The maximum Gasteiger partial charge on any atom is 0.315 e. The number of benzene rings is 1.